The van der Waals surface area contributed by atoms with Gasteiger partial charge in [0.1, 0.15) is 12.4 Å². The number of aromatic nitrogens is 5. The molecule has 1 amide bonds. The molecule has 2 heterocycles. The van der Waals surface area contributed by atoms with Crippen molar-refractivity contribution >= 4 is 23.5 Å². The quantitative estimate of drug-likeness (QED) is 0.760. The van der Waals surface area contributed by atoms with Crippen LogP contribution in [-0.4, -0.2) is 30.5 Å². The van der Waals surface area contributed by atoms with Gasteiger partial charge in [-0.2, -0.15) is 5.10 Å². The lowest BCUT2D eigenvalue weighted by Crippen LogP contribution is -2.25. The van der Waals surface area contributed by atoms with Crippen LogP contribution in [0.4, 0.5) is 5.95 Å². The minimum Gasteiger partial charge on any atom is -0.291 e. The molecule has 2 aromatic heterocycles. The minimum atomic E-state index is -0.517. The minimum absolute atomic E-state index is 0.254. The summed E-state index contributed by atoms with van der Waals surface area (Å²) in [4.78, 5) is 16.5. The van der Waals surface area contributed by atoms with Crippen LogP contribution in [0.2, 0.25) is 5.02 Å². The average Bonchev–Trinajstić information content (AvgIpc) is 3.16. The van der Waals surface area contributed by atoms with Gasteiger partial charge in [0.05, 0.1) is 23.5 Å². The van der Waals surface area contributed by atoms with E-state index in [1.807, 2.05) is 38.1 Å². The van der Waals surface area contributed by atoms with Gasteiger partial charge >= 0.3 is 0 Å². The number of carbonyl (C=O) groups is 1. The lowest BCUT2D eigenvalue weighted by molar-refractivity contribution is -0.119. The second-order valence-corrected chi connectivity index (χ2v) is 6.35. The molecule has 0 aliphatic heterocycles. The van der Waals surface area contributed by atoms with Gasteiger partial charge in [-0.05, 0) is 26.3 Å². The highest BCUT2D eigenvalue weighted by molar-refractivity contribution is 6.31. The van der Waals surface area contributed by atoms with Gasteiger partial charge in [0.25, 0.3) is 5.91 Å². The molecular weight excluding hydrogens is 340 g/mol. The first kappa shape index (κ1) is 17.2. The first-order chi connectivity index (χ1) is 11.9. The van der Waals surface area contributed by atoms with Crippen molar-refractivity contribution in [1.82, 2.24) is 24.5 Å². The number of benzene rings is 1. The normalized spacial score (nSPS) is 12.2. The molecule has 0 aliphatic carbocycles. The Balaban J connectivity index is 1.65. The molecular formula is C17H19ClN6O. The Hall–Kier alpha value is -2.67. The van der Waals surface area contributed by atoms with E-state index in [9.17, 15) is 4.79 Å². The van der Waals surface area contributed by atoms with Crippen LogP contribution in [0.25, 0.3) is 0 Å². The lowest BCUT2D eigenvalue weighted by atomic mass is 10.1. The third kappa shape index (κ3) is 3.88. The Bertz CT molecular complexity index is 883. The van der Waals surface area contributed by atoms with Crippen LogP contribution in [0, 0.1) is 13.8 Å². The zero-order valence-corrected chi connectivity index (χ0v) is 15.0. The summed E-state index contributed by atoms with van der Waals surface area (Å²) >= 11 is 5.99. The maximum absolute atomic E-state index is 12.4. The molecule has 25 heavy (non-hydrogen) atoms. The fourth-order valence-electron chi connectivity index (χ4n) is 2.43. The zero-order chi connectivity index (χ0) is 18.0. The van der Waals surface area contributed by atoms with Crippen molar-refractivity contribution in [3.8, 4) is 0 Å². The number of carbonyl (C=O) groups excluding carboxylic acids is 1. The molecule has 7 nitrogen and oxygen atoms in total. The Kier molecular flexibility index (Phi) is 4.85. The van der Waals surface area contributed by atoms with E-state index in [4.69, 9.17) is 11.6 Å². The van der Waals surface area contributed by atoms with Crippen LogP contribution in [0.15, 0.2) is 36.8 Å². The van der Waals surface area contributed by atoms with Crippen molar-refractivity contribution in [2.45, 2.75) is 33.4 Å². The molecule has 0 saturated heterocycles. The highest BCUT2D eigenvalue weighted by Crippen LogP contribution is 2.18. The van der Waals surface area contributed by atoms with Gasteiger partial charge in [-0.15, -0.1) is 5.10 Å². The summed E-state index contributed by atoms with van der Waals surface area (Å²) < 4.78 is 3.25. The Labute approximate surface area is 150 Å². The number of hydrogen-bond donors (Lipinski definition) is 1. The lowest BCUT2D eigenvalue weighted by Gasteiger charge is -2.12. The summed E-state index contributed by atoms with van der Waals surface area (Å²) in [6.07, 6.45) is 3.12. The van der Waals surface area contributed by atoms with Crippen LogP contribution in [0.1, 0.15) is 29.8 Å². The third-order valence-corrected chi connectivity index (χ3v) is 4.34. The number of nitrogens with one attached hydrogen (secondary N) is 1. The number of amides is 1. The Morgan fingerprint density at radius 2 is 2.00 bits per heavy atom. The van der Waals surface area contributed by atoms with Crippen LogP contribution in [0.3, 0.4) is 0 Å². The van der Waals surface area contributed by atoms with Crippen LogP contribution in [0.5, 0.6) is 0 Å². The highest BCUT2D eigenvalue weighted by atomic mass is 35.5. The Morgan fingerprint density at radius 3 is 2.64 bits per heavy atom. The summed E-state index contributed by atoms with van der Waals surface area (Å²) in [5.74, 6) is 0.0100. The molecule has 3 rings (SSSR count). The first-order valence-corrected chi connectivity index (χ1v) is 8.27. The number of halogens is 1. The van der Waals surface area contributed by atoms with Crippen molar-refractivity contribution < 1.29 is 4.79 Å². The van der Waals surface area contributed by atoms with Crippen molar-refractivity contribution in [3.05, 3.63) is 58.6 Å². The molecule has 1 atom stereocenters. The molecule has 1 N–H and O–H groups in total. The van der Waals surface area contributed by atoms with Gasteiger partial charge < -0.3 is 0 Å². The predicted molar refractivity (Wildman–Crippen MR) is 95.6 cm³/mol. The van der Waals surface area contributed by atoms with Gasteiger partial charge in [-0.3, -0.25) is 14.8 Å². The SMILES string of the molecule is Cc1ccc(Cn2cnc(NC(=O)C(C)n3ncc(Cl)c3C)n2)cc1. The first-order valence-electron chi connectivity index (χ1n) is 7.89. The number of aryl methyl sites for hydroxylation is 1. The van der Waals surface area contributed by atoms with E-state index in [1.165, 1.54) is 11.8 Å². The third-order valence-electron chi connectivity index (χ3n) is 3.97. The van der Waals surface area contributed by atoms with E-state index in [-0.39, 0.29) is 11.9 Å². The zero-order valence-electron chi connectivity index (χ0n) is 14.3. The number of hydrogen-bond acceptors (Lipinski definition) is 4. The number of anilines is 1. The maximum atomic E-state index is 12.4. The van der Waals surface area contributed by atoms with E-state index >= 15 is 0 Å². The van der Waals surface area contributed by atoms with Gasteiger partial charge in [0.15, 0.2) is 0 Å². The molecule has 0 spiro atoms. The predicted octanol–water partition coefficient (Wildman–Crippen LogP) is 2.99. The number of nitrogens with zero attached hydrogens (tertiary/aromatic N) is 5. The van der Waals surface area contributed by atoms with E-state index in [2.05, 4.69) is 20.5 Å². The smallest absolute Gasteiger partial charge is 0.251 e. The standard InChI is InChI=1S/C17H19ClN6O/c1-11-4-6-14(7-5-11)9-23-10-19-17(22-23)21-16(25)13(3)24-12(2)15(18)8-20-24/h4-8,10,13H,9H2,1-3H3,(H,21,22,25). The van der Waals surface area contributed by atoms with Crippen LogP contribution < -0.4 is 5.32 Å². The molecule has 0 radical (unpaired) electrons. The largest absolute Gasteiger partial charge is 0.291 e. The van der Waals surface area contributed by atoms with Crippen LogP contribution in [-0.2, 0) is 11.3 Å². The summed E-state index contributed by atoms with van der Waals surface area (Å²) in [7, 11) is 0. The fraction of sp³-hybridized carbons (Fsp3) is 0.294. The van der Waals surface area contributed by atoms with E-state index in [0.717, 1.165) is 11.3 Å². The van der Waals surface area contributed by atoms with Gasteiger partial charge in [-0.1, -0.05) is 41.4 Å². The summed E-state index contributed by atoms with van der Waals surface area (Å²) in [5, 5.41) is 11.6. The van der Waals surface area contributed by atoms with E-state index in [0.29, 0.717) is 11.6 Å². The summed E-state index contributed by atoms with van der Waals surface area (Å²) in [5.41, 5.74) is 3.06. The number of rotatable bonds is 5. The molecule has 1 aromatic carbocycles. The monoisotopic (exact) mass is 358 g/mol. The molecule has 0 aliphatic rings. The van der Waals surface area contributed by atoms with Crippen molar-refractivity contribution in [2.24, 2.45) is 0 Å². The van der Waals surface area contributed by atoms with Gasteiger partial charge in [-0.25, -0.2) is 9.67 Å². The average molecular weight is 359 g/mol. The molecule has 0 fully saturated rings. The second kappa shape index (κ2) is 7.06. The molecule has 3 aromatic rings. The topological polar surface area (TPSA) is 77.6 Å². The Morgan fingerprint density at radius 1 is 1.28 bits per heavy atom. The molecule has 0 saturated carbocycles. The fourth-order valence-corrected chi connectivity index (χ4v) is 2.56. The summed E-state index contributed by atoms with van der Waals surface area (Å²) in [6, 6.07) is 7.67. The van der Waals surface area contributed by atoms with Crippen molar-refractivity contribution in [2.75, 3.05) is 5.32 Å². The van der Waals surface area contributed by atoms with Crippen molar-refractivity contribution in [3.63, 3.8) is 0 Å². The summed E-state index contributed by atoms with van der Waals surface area (Å²) in [6.45, 7) is 6.19. The van der Waals surface area contributed by atoms with E-state index in [1.54, 1.807) is 22.6 Å². The second-order valence-electron chi connectivity index (χ2n) is 5.94. The molecule has 130 valence electrons. The van der Waals surface area contributed by atoms with Gasteiger partial charge in [0, 0.05) is 0 Å². The van der Waals surface area contributed by atoms with Gasteiger partial charge in [0.2, 0.25) is 5.95 Å². The van der Waals surface area contributed by atoms with Crippen molar-refractivity contribution in [1.29, 1.82) is 0 Å². The molecule has 8 heteroatoms. The maximum Gasteiger partial charge on any atom is 0.251 e. The van der Waals surface area contributed by atoms with Crippen LogP contribution >= 0.6 is 11.6 Å². The van der Waals surface area contributed by atoms with E-state index < -0.39 is 6.04 Å². The highest BCUT2D eigenvalue weighted by Gasteiger charge is 2.20. The molecule has 0 bridgehead atoms. The molecule has 1 unspecified atom stereocenters.